The molecule has 104 valence electrons. The van der Waals surface area contributed by atoms with Crippen LogP contribution in [0.15, 0.2) is 36.7 Å². The highest BCUT2D eigenvalue weighted by molar-refractivity contribution is 6.20. The number of hydrogen-bond acceptors (Lipinski definition) is 3. The van der Waals surface area contributed by atoms with E-state index in [1.165, 1.54) is 5.56 Å². The van der Waals surface area contributed by atoms with Gasteiger partial charge in [0, 0.05) is 19.4 Å². The van der Waals surface area contributed by atoms with Gasteiger partial charge in [-0.3, -0.25) is 0 Å². The van der Waals surface area contributed by atoms with Crippen LogP contribution in [0.4, 0.5) is 0 Å². The van der Waals surface area contributed by atoms with E-state index in [1.54, 1.807) is 30.0 Å². The van der Waals surface area contributed by atoms with Gasteiger partial charge in [-0.25, -0.2) is 9.78 Å². The zero-order valence-electron chi connectivity index (χ0n) is 12.0. The summed E-state index contributed by atoms with van der Waals surface area (Å²) in [6.45, 7) is 4.16. The van der Waals surface area contributed by atoms with Gasteiger partial charge < -0.3 is 9.30 Å². The zero-order chi connectivity index (χ0) is 14.5. The number of benzene rings is 1. The maximum absolute atomic E-state index is 12.1. The Kier molecular flexibility index (Phi) is 4.35. The fraction of sp³-hybridized carbons (Fsp3) is 0.250. The van der Waals surface area contributed by atoms with Gasteiger partial charge in [0.2, 0.25) is 0 Å². The molecule has 0 saturated heterocycles. The molecule has 4 heteroatoms. The van der Waals surface area contributed by atoms with Gasteiger partial charge in [0.25, 0.3) is 0 Å². The molecule has 0 bridgehead atoms. The lowest BCUT2D eigenvalue weighted by Gasteiger charge is -2.07. The summed E-state index contributed by atoms with van der Waals surface area (Å²) in [5.74, 6) is 0.242. The van der Waals surface area contributed by atoms with Gasteiger partial charge in [-0.2, -0.15) is 0 Å². The number of carbonyl (C=O) groups is 1. The normalized spacial score (nSPS) is 11.4. The van der Waals surface area contributed by atoms with Crippen LogP contribution in [0.3, 0.4) is 0 Å². The topological polar surface area (TPSA) is 44.1 Å². The lowest BCUT2D eigenvalue weighted by molar-refractivity contribution is -0.136. The van der Waals surface area contributed by atoms with Gasteiger partial charge >= 0.3 is 5.97 Å². The first-order valence-corrected chi connectivity index (χ1v) is 6.55. The second kappa shape index (κ2) is 6.19. The molecule has 0 spiro atoms. The second-order valence-electron chi connectivity index (χ2n) is 4.55. The van der Waals surface area contributed by atoms with E-state index in [1.807, 2.05) is 38.2 Å². The first-order chi connectivity index (χ1) is 9.61. The molecule has 0 amide bonds. The quantitative estimate of drug-likeness (QED) is 0.634. The third-order valence-electron chi connectivity index (χ3n) is 2.95. The summed E-state index contributed by atoms with van der Waals surface area (Å²) < 4.78 is 6.92. The molecule has 0 atom stereocenters. The zero-order valence-corrected chi connectivity index (χ0v) is 12.0. The van der Waals surface area contributed by atoms with E-state index in [0.29, 0.717) is 18.0 Å². The van der Waals surface area contributed by atoms with Crippen LogP contribution in [0.25, 0.3) is 11.6 Å². The predicted octanol–water partition coefficient (Wildman–Crippen LogP) is 2.83. The molecule has 2 rings (SSSR count). The maximum Gasteiger partial charge on any atom is 0.341 e. The Balaban J connectivity index is 2.43. The Hall–Kier alpha value is -2.36. The molecule has 1 aromatic carbocycles. The van der Waals surface area contributed by atoms with Crippen molar-refractivity contribution >= 4 is 17.6 Å². The molecule has 0 unspecified atom stereocenters. The highest BCUT2D eigenvalue weighted by atomic mass is 16.5. The minimum Gasteiger partial charge on any atom is -0.462 e. The van der Waals surface area contributed by atoms with Crippen LogP contribution >= 0.6 is 0 Å². The molecule has 2 aromatic rings. The van der Waals surface area contributed by atoms with E-state index in [4.69, 9.17) is 4.74 Å². The second-order valence-corrected chi connectivity index (χ2v) is 4.55. The van der Waals surface area contributed by atoms with Crippen LogP contribution in [0.5, 0.6) is 0 Å². The van der Waals surface area contributed by atoms with Crippen molar-refractivity contribution in [2.75, 3.05) is 6.61 Å². The van der Waals surface area contributed by atoms with Crippen molar-refractivity contribution in [2.24, 2.45) is 7.05 Å². The summed E-state index contributed by atoms with van der Waals surface area (Å²) in [7, 11) is 1.85. The number of esters is 1. The van der Waals surface area contributed by atoms with Gasteiger partial charge in [-0.05, 0) is 25.5 Å². The number of aryl methyl sites for hydroxylation is 2. The predicted molar refractivity (Wildman–Crippen MR) is 78.9 cm³/mol. The lowest BCUT2D eigenvalue weighted by Crippen LogP contribution is -2.10. The van der Waals surface area contributed by atoms with Crippen molar-refractivity contribution in [3.8, 4) is 0 Å². The molecule has 0 aliphatic heterocycles. The fourth-order valence-corrected chi connectivity index (χ4v) is 1.88. The number of aromatic nitrogens is 2. The molecule has 0 saturated carbocycles. The van der Waals surface area contributed by atoms with E-state index in [2.05, 4.69) is 4.98 Å². The van der Waals surface area contributed by atoms with Gasteiger partial charge in [-0.1, -0.05) is 29.8 Å². The summed E-state index contributed by atoms with van der Waals surface area (Å²) >= 11 is 0. The number of ether oxygens (including phenoxy) is 1. The molecular formula is C16H18N2O2. The van der Waals surface area contributed by atoms with Gasteiger partial charge in [-0.15, -0.1) is 0 Å². The fourth-order valence-electron chi connectivity index (χ4n) is 1.88. The molecule has 0 N–H and O–H groups in total. The minimum atomic E-state index is -0.359. The Bertz CT molecular complexity index is 624. The molecule has 20 heavy (non-hydrogen) atoms. The average Bonchev–Trinajstić information content (AvgIpc) is 2.84. The highest BCUT2D eigenvalue weighted by Gasteiger charge is 2.17. The van der Waals surface area contributed by atoms with Crippen LogP contribution in [0.1, 0.15) is 23.9 Å². The molecule has 0 aliphatic carbocycles. The molecule has 0 aliphatic rings. The van der Waals surface area contributed by atoms with Crippen LogP contribution in [0.2, 0.25) is 0 Å². The van der Waals surface area contributed by atoms with E-state index in [-0.39, 0.29) is 5.97 Å². The Labute approximate surface area is 118 Å². The van der Waals surface area contributed by atoms with Crippen LogP contribution in [-0.4, -0.2) is 22.1 Å². The van der Waals surface area contributed by atoms with Crippen LogP contribution < -0.4 is 0 Å². The molecular weight excluding hydrogens is 252 g/mol. The van der Waals surface area contributed by atoms with E-state index in [0.717, 1.165) is 5.56 Å². The number of carbonyl (C=O) groups excluding carboxylic acids is 1. The molecule has 1 aromatic heterocycles. The largest absolute Gasteiger partial charge is 0.462 e. The Morgan fingerprint density at radius 3 is 2.60 bits per heavy atom. The van der Waals surface area contributed by atoms with Gasteiger partial charge in [0.05, 0.1) is 6.61 Å². The molecule has 0 fully saturated rings. The van der Waals surface area contributed by atoms with Crippen molar-refractivity contribution < 1.29 is 9.53 Å². The molecule has 4 nitrogen and oxygen atoms in total. The lowest BCUT2D eigenvalue weighted by atomic mass is 10.1. The van der Waals surface area contributed by atoms with Gasteiger partial charge in [0.1, 0.15) is 11.4 Å². The highest BCUT2D eigenvalue weighted by Crippen LogP contribution is 2.18. The maximum atomic E-state index is 12.1. The summed E-state index contributed by atoms with van der Waals surface area (Å²) in [5, 5.41) is 0. The first kappa shape index (κ1) is 14.1. The summed E-state index contributed by atoms with van der Waals surface area (Å²) in [4.78, 5) is 16.3. The third kappa shape index (κ3) is 3.15. The monoisotopic (exact) mass is 270 g/mol. The van der Waals surface area contributed by atoms with Crippen molar-refractivity contribution in [1.82, 2.24) is 9.55 Å². The average molecular weight is 270 g/mol. The minimum absolute atomic E-state index is 0.342. The number of imidazole rings is 1. The first-order valence-electron chi connectivity index (χ1n) is 6.55. The van der Waals surface area contributed by atoms with Crippen molar-refractivity contribution in [2.45, 2.75) is 13.8 Å². The summed E-state index contributed by atoms with van der Waals surface area (Å²) in [6.07, 6.45) is 5.27. The molecule has 1 heterocycles. The smallest absolute Gasteiger partial charge is 0.341 e. The van der Waals surface area contributed by atoms with E-state index in [9.17, 15) is 4.79 Å². The number of hydrogen-bond donors (Lipinski definition) is 0. The summed E-state index contributed by atoms with van der Waals surface area (Å²) in [6, 6.07) is 7.95. The van der Waals surface area contributed by atoms with Crippen molar-refractivity contribution in [3.63, 3.8) is 0 Å². The van der Waals surface area contributed by atoms with E-state index >= 15 is 0 Å². The Morgan fingerprint density at radius 1 is 1.35 bits per heavy atom. The standard InChI is InChI=1S/C16H18N2O2/c1-4-20-16(19)14(15-17-9-10-18(15)3)11-13-7-5-12(2)6-8-13/h5-11H,4H2,1-3H3/b14-11-. The van der Waals surface area contributed by atoms with Crippen molar-refractivity contribution in [3.05, 3.63) is 53.6 Å². The van der Waals surface area contributed by atoms with Crippen LogP contribution in [0, 0.1) is 6.92 Å². The summed E-state index contributed by atoms with van der Waals surface area (Å²) in [5.41, 5.74) is 2.58. The third-order valence-corrected chi connectivity index (χ3v) is 2.95. The number of rotatable bonds is 4. The van der Waals surface area contributed by atoms with Gasteiger partial charge in [0.15, 0.2) is 0 Å². The van der Waals surface area contributed by atoms with Crippen LogP contribution in [-0.2, 0) is 16.6 Å². The molecule has 0 radical (unpaired) electrons. The van der Waals surface area contributed by atoms with Crippen molar-refractivity contribution in [1.29, 1.82) is 0 Å². The SMILES string of the molecule is CCOC(=O)/C(=C\c1ccc(C)cc1)c1nccn1C. The number of nitrogens with zero attached hydrogens (tertiary/aromatic N) is 2. The van der Waals surface area contributed by atoms with E-state index < -0.39 is 0 Å². The Morgan fingerprint density at radius 2 is 2.05 bits per heavy atom.